The van der Waals surface area contributed by atoms with Crippen molar-refractivity contribution >= 4 is 16.7 Å². The van der Waals surface area contributed by atoms with Gasteiger partial charge in [-0.1, -0.05) is 12.1 Å². The topological polar surface area (TPSA) is 116 Å². The number of rotatable bonds is 0. The van der Waals surface area contributed by atoms with E-state index in [1.807, 2.05) is 0 Å². The van der Waals surface area contributed by atoms with Gasteiger partial charge in [0.1, 0.15) is 34.5 Å². The molecule has 4 aromatic rings. The van der Waals surface area contributed by atoms with Gasteiger partial charge in [-0.15, -0.1) is 0 Å². The predicted octanol–water partition coefficient (Wildman–Crippen LogP) is 4.23. The molecule has 0 bridgehead atoms. The van der Waals surface area contributed by atoms with Crippen molar-refractivity contribution in [2.45, 2.75) is 5.60 Å². The fourth-order valence-electron chi connectivity index (χ4n) is 4.60. The van der Waals surface area contributed by atoms with E-state index in [-0.39, 0.29) is 45.4 Å². The van der Waals surface area contributed by atoms with Crippen LogP contribution in [-0.4, -0.2) is 26.4 Å². The summed E-state index contributed by atoms with van der Waals surface area (Å²) in [6.45, 7) is 0. The number of aromatic hydroxyl groups is 4. The third-order valence-corrected chi connectivity index (χ3v) is 5.87. The standard InChI is InChI=1S/C24H14O7/c25-11-1-4-14-19(9-11)30-20-10-12(26)2-5-15(20)24(14)16-6-3-13-17(27)7-8-18(28)21(13)22(16)23(29)31-24/h1-10,25-28H. The Morgan fingerprint density at radius 2 is 1.26 bits per heavy atom. The zero-order chi connectivity index (χ0) is 21.5. The molecule has 4 aromatic carbocycles. The Balaban J connectivity index is 1.78. The SMILES string of the molecule is O=C1OC2(c3ccc(O)cc3Oc3cc(O)ccc32)c2ccc3c(O)ccc(O)c3c21. The summed E-state index contributed by atoms with van der Waals surface area (Å²) < 4.78 is 11.9. The minimum atomic E-state index is -1.43. The summed E-state index contributed by atoms with van der Waals surface area (Å²) >= 11 is 0. The molecule has 0 fully saturated rings. The first-order valence-corrected chi connectivity index (χ1v) is 9.46. The maximum atomic E-state index is 13.2. The second kappa shape index (κ2) is 5.60. The number of hydrogen-bond donors (Lipinski definition) is 4. The highest BCUT2D eigenvalue weighted by Gasteiger charge is 2.54. The van der Waals surface area contributed by atoms with Gasteiger partial charge in [0.05, 0.1) is 5.56 Å². The van der Waals surface area contributed by atoms with E-state index >= 15 is 0 Å². The van der Waals surface area contributed by atoms with Crippen molar-refractivity contribution in [3.05, 3.63) is 82.9 Å². The Morgan fingerprint density at radius 3 is 1.90 bits per heavy atom. The van der Waals surface area contributed by atoms with Crippen molar-refractivity contribution in [3.8, 4) is 34.5 Å². The van der Waals surface area contributed by atoms with Gasteiger partial charge in [0.2, 0.25) is 0 Å². The van der Waals surface area contributed by atoms with E-state index < -0.39 is 11.6 Å². The molecule has 31 heavy (non-hydrogen) atoms. The summed E-state index contributed by atoms with van der Waals surface area (Å²) in [5, 5.41) is 41.2. The number of phenols is 4. The van der Waals surface area contributed by atoms with Crippen molar-refractivity contribution in [1.82, 2.24) is 0 Å². The molecule has 0 amide bonds. The maximum Gasteiger partial charge on any atom is 0.340 e. The van der Waals surface area contributed by atoms with Crippen molar-refractivity contribution in [3.63, 3.8) is 0 Å². The smallest absolute Gasteiger partial charge is 0.340 e. The lowest BCUT2D eigenvalue weighted by Gasteiger charge is -2.36. The molecule has 7 heteroatoms. The summed E-state index contributed by atoms with van der Waals surface area (Å²) in [5.41, 5.74) is 0.117. The van der Waals surface area contributed by atoms with Crippen LogP contribution < -0.4 is 4.74 Å². The molecule has 152 valence electrons. The summed E-state index contributed by atoms with van der Waals surface area (Å²) in [7, 11) is 0. The number of fused-ring (bicyclic) bond motifs is 8. The normalized spacial score (nSPS) is 15.2. The fraction of sp³-hybridized carbons (Fsp3) is 0.0417. The van der Waals surface area contributed by atoms with Gasteiger partial charge in [-0.05, 0) is 36.4 Å². The number of hydrogen-bond acceptors (Lipinski definition) is 7. The highest BCUT2D eigenvalue weighted by atomic mass is 16.6. The quantitative estimate of drug-likeness (QED) is 0.251. The zero-order valence-electron chi connectivity index (χ0n) is 15.8. The van der Waals surface area contributed by atoms with E-state index in [0.29, 0.717) is 22.1 Å². The number of ether oxygens (including phenoxy) is 2. The van der Waals surface area contributed by atoms with Crippen LogP contribution in [0.4, 0.5) is 0 Å². The van der Waals surface area contributed by atoms with E-state index in [0.717, 1.165) is 0 Å². The molecule has 2 aliphatic heterocycles. The molecule has 1 spiro atoms. The lowest BCUT2D eigenvalue weighted by atomic mass is 9.77. The van der Waals surface area contributed by atoms with Gasteiger partial charge >= 0.3 is 5.97 Å². The van der Waals surface area contributed by atoms with Crippen molar-refractivity contribution in [2.24, 2.45) is 0 Å². The van der Waals surface area contributed by atoms with E-state index in [1.54, 1.807) is 24.3 Å². The minimum Gasteiger partial charge on any atom is -0.508 e. The van der Waals surface area contributed by atoms with Crippen LogP contribution >= 0.6 is 0 Å². The first-order chi connectivity index (χ1) is 14.9. The molecule has 0 saturated heterocycles. The molecule has 2 heterocycles. The van der Waals surface area contributed by atoms with Crippen LogP contribution in [0.5, 0.6) is 34.5 Å². The number of esters is 1. The van der Waals surface area contributed by atoms with E-state index in [1.165, 1.54) is 36.4 Å². The Bertz CT molecular complexity index is 1400. The lowest BCUT2D eigenvalue weighted by molar-refractivity contribution is 0.0225. The van der Waals surface area contributed by atoms with Gasteiger partial charge in [0, 0.05) is 39.6 Å². The number of carbonyl (C=O) groups is 1. The molecular weight excluding hydrogens is 400 g/mol. The highest BCUT2D eigenvalue weighted by Crippen LogP contribution is 2.58. The van der Waals surface area contributed by atoms with Crippen LogP contribution in [0.3, 0.4) is 0 Å². The molecule has 0 unspecified atom stereocenters. The molecular formula is C24H14O7. The maximum absolute atomic E-state index is 13.2. The summed E-state index contributed by atoms with van der Waals surface area (Å²) in [6, 6.07) is 14.9. The largest absolute Gasteiger partial charge is 0.508 e. The second-order valence-corrected chi connectivity index (χ2v) is 7.55. The van der Waals surface area contributed by atoms with Crippen molar-refractivity contribution in [1.29, 1.82) is 0 Å². The summed E-state index contributed by atoms with van der Waals surface area (Å²) in [6.07, 6.45) is 0. The predicted molar refractivity (Wildman–Crippen MR) is 109 cm³/mol. The molecule has 2 aliphatic rings. The molecule has 0 atom stereocenters. The Kier molecular flexibility index (Phi) is 3.16. The van der Waals surface area contributed by atoms with E-state index in [9.17, 15) is 25.2 Å². The van der Waals surface area contributed by atoms with Gasteiger partial charge < -0.3 is 29.9 Å². The monoisotopic (exact) mass is 414 g/mol. The van der Waals surface area contributed by atoms with Crippen molar-refractivity contribution < 1.29 is 34.7 Å². The van der Waals surface area contributed by atoms with Gasteiger partial charge in [0.15, 0.2) is 5.60 Å². The number of phenolic OH excluding ortho intramolecular Hbond substituents is 4. The van der Waals surface area contributed by atoms with E-state index in [4.69, 9.17) is 9.47 Å². The molecule has 0 radical (unpaired) electrons. The van der Waals surface area contributed by atoms with Crippen LogP contribution in [0.25, 0.3) is 10.8 Å². The van der Waals surface area contributed by atoms with Gasteiger partial charge in [-0.25, -0.2) is 4.79 Å². The molecule has 0 saturated carbocycles. The minimum absolute atomic E-state index is 0.0388. The number of benzene rings is 4. The van der Waals surface area contributed by atoms with Crippen molar-refractivity contribution in [2.75, 3.05) is 0 Å². The number of carbonyl (C=O) groups excluding carboxylic acids is 1. The van der Waals surface area contributed by atoms with E-state index in [2.05, 4.69) is 0 Å². The van der Waals surface area contributed by atoms with Crippen LogP contribution in [0.1, 0.15) is 27.0 Å². The third-order valence-electron chi connectivity index (χ3n) is 5.87. The third kappa shape index (κ3) is 2.09. The van der Waals surface area contributed by atoms with Gasteiger partial charge in [0.25, 0.3) is 0 Å². The summed E-state index contributed by atoms with van der Waals surface area (Å²) in [4.78, 5) is 13.2. The van der Waals surface area contributed by atoms with Crippen LogP contribution in [0, 0.1) is 0 Å². The fourth-order valence-corrected chi connectivity index (χ4v) is 4.60. The lowest BCUT2D eigenvalue weighted by Crippen LogP contribution is -2.32. The van der Waals surface area contributed by atoms with Gasteiger partial charge in [-0.3, -0.25) is 0 Å². The molecule has 0 aliphatic carbocycles. The average molecular weight is 414 g/mol. The average Bonchev–Trinajstić information content (AvgIpc) is 3.03. The molecule has 4 N–H and O–H groups in total. The Labute approximate surface area is 175 Å². The molecule has 0 aromatic heterocycles. The van der Waals surface area contributed by atoms with Gasteiger partial charge in [-0.2, -0.15) is 0 Å². The van der Waals surface area contributed by atoms with Crippen LogP contribution in [-0.2, 0) is 10.3 Å². The first kappa shape index (κ1) is 17.5. The zero-order valence-corrected chi connectivity index (χ0v) is 15.8. The van der Waals surface area contributed by atoms with Crippen LogP contribution in [0.2, 0.25) is 0 Å². The van der Waals surface area contributed by atoms with Crippen LogP contribution in [0.15, 0.2) is 60.7 Å². The Hall–Kier alpha value is -4.39. The Morgan fingerprint density at radius 1 is 0.677 bits per heavy atom. The second-order valence-electron chi connectivity index (χ2n) is 7.55. The summed E-state index contributed by atoms with van der Waals surface area (Å²) in [5.74, 6) is -0.472. The molecule has 7 nitrogen and oxygen atoms in total. The first-order valence-electron chi connectivity index (χ1n) is 9.46. The molecule has 6 rings (SSSR count). The highest BCUT2D eigenvalue weighted by molar-refractivity contribution is 6.12.